The minimum atomic E-state index is -0.947. The second-order valence-electron chi connectivity index (χ2n) is 6.80. The van der Waals surface area contributed by atoms with Crippen LogP contribution in [0.15, 0.2) is 40.4 Å². The van der Waals surface area contributed by atoms with E-state index in [9.17, 15) is 19.2 Å². The van der Waals surface area contributed by atoms with E-state index in [1.807, 2.05) is 0 Å². The van der Waals surface area contributed by atoms with Crippen LogP contribution < -0.4 is 14.8 Å². The van der Waals surface area contributed by atoms with Gasteiger partial charge in [-0.1, -0.05) is 12.1 Å². The van der Waals surface area contributed by atoms with Gasteiger partial charge in [-0.15, -0.1) is 0 Å². The zero-order valence-corrected chi connectivity index (χ0v) is 18.4. The summed E-state index contributed by atoms with van der Waals surface area (Å²) >= 11 is 0. The molecule has 3 rings (SSSR count). The van der Waals surface area contributed by atoms with Crippen molar-refractivity contribution in [2.24, 2.45) is 0 Å². The summed E-state index contributed by atoms with van der Waals surface area (Å²) in [6.07, 6.45) is 0.459. The van der Waals surface area contributed by atoms with Crippen LogP contribution in [0, 0.1) is 0 Å². The molecule has 0 radical (unpaired) electrons. The highest BCUT2D eigenvalue weighted by Crippen LogP contribution is 2.34. The largest absolute Gasteiger partial charge is 0.493 e. The normalized spacial score (nSPS) is 15.3. The van der Waals surface area contributed by atoms with E-state index in [0.717, 1.165) is 4.90 Å². The predicted octanol–water partition coefficient (Wildman–Crippen LogP) is 2.11. The van der Waals surface area contributed by atoms with Gasteiger partial charge in [0.25, 0.3) is 5.91 Å². The number of benzene rings is 1. The fraction of sp³-hybridized carbons (Fsp3) is 0.273. The van der Waals surface area contributed by atoms with Gasteiger partial charge in [0.2, 0.25) is 5.76 Å². The van der Waals surface area contributed by atoms with Gasteiger partial charge in [0.1, 0.15) is 11.5 Å². The van der Waals surface area contributed by atoms with Crippen LogP contribution in [-0.4, -0.2) is 56.2 Å². The molecule has 174 valence electrons. The lowest BCUT2D eigenvalue weighted by Crippen LogP contribution is -2.30. The number of nitrogens with zero attached hydrogens (tertiary/aromatic N) is 1. The number of furan rings is 1. The summed E-state index contributed by atoms with van der Waals surface area (Å²) in [5, 5.41) is 2.49. The van der Waals surface area contributed by atoms with Crippen LogP contribution >= 0.6 is 0 Å². The molecular weight excluding hydrogens is 436 g/mol. The van der Waals surface area contributed by atoms with Crippen LogP contribution in [0.5, 0.6) is 11.5 Å². The van der Waals surface area contributed by atoms with Gasteiger partial charge in [-0.2, -0.15) is 0 Å². The Bertz CT molecular complexity index is 1120. The maximum absolute atomic E-state index is 12.9. The smallest absolute Gasteiger partial charge is 0.373 e. The van der Waals surface area contributed by atoms with Gasteiger partial charge in [-0.3, -0.25) is 9.69 Å². The van der Waals surface area contributed by atoms with Crippen LogP contribution in [0.1, 0.15) is 28.8 Å². The summed E-state index contributed by atoms with van der Waals surface area (Å²) in [5.41, 5.74) is 0.366. The number of methoxy groups -OCH3 is 3. The van der Waals surface area contributed by atoms with Gasteiger partial charge in [-0.25, -0.2) is 14.4 Å². The minimum Gasteiger partial charge on any atom is -0.493 e. The monoisotopic (exact) mass is 458 g/mol. The number of nitrogens with one attached hydrogen (secondary N) is 1. The lowest BCUT2D eigenvalue weighted by Gasteiger charge is -2.17. The summed E-state index contributed by atoms with van der Waals surface area (Å²) in [6.45, 7) is 1.31. The summed E-state index contributed by atoms with van der Waals surface area (Å²) in [6, 6.07) is 7.10. The molecule has 1 atom stereocenters. The van der Waals surface area contributed by atoms with Gasteiger partial charge in [-0.05, 0) is 31.2 Å². The first-order valence-electron chi connectivity index (χ1n) is 9.72. The zero-order valence-electron chi connectivity index (χ0n) is 18.4. The number of imide groups is 1. The van der Waals surface area contributed by atoms with Gasteiger partial charge in [0.05, 0.1) is 27.9 Å². The van der Waals surface area contributed by atoms with Crippen molar-refractivity contribution in [3.05, 3.63) is 53.1 Å². The number of urea groups is 1. The third kappa shape index (κ3) is 4.97. The van der Waals surface area contributed by atoms with Gasteiger partial charge in [0, 0.05) is 5.56 Å². The molecular formula is C22H22N2O9. The second-order valence-corrected chi connectivity index (χ2v) is 6.80. The van der Waals surface area contributed by atoms with E-state index >= 15 is 0 Å². The van der Waals surface area contributed by atoms with E-state index in [1.54, 1.807) is 18.2 Å². The molecule has 2 aromatic rings. The fourth-order valence-corrected chi connectivity index (χ4v) is 3.02. The van der Waals surface area contributed by atoms with Crippen LogP contribution in [0.25, 0.3) is 6.08 Å². The highest BCUT2D eigenvalue weighted by atomic mass is 16.6. The SMILES string of the molecule is COC(=O)c1ccc(CN2C(=O)NC(=Cc3cccc(OC)c3OC(C)C(=O)OC)C2=O)o1. The highest BCUT2D eigenvalue weighted by Gasteiger charge is 2.35. The Labute approximate surface area is 188 Å². The number of carbonyl (C=O) groups is 4. The van der Waals surface area contributed by atoms with Crippen LogP contribution in [0.2, 0.25) is 0 Å². The molecule has 1 fully saturated rings. The number of esters is 2. The fourth-order valence-electron chi connectivity index (χ4n) is 3.02. The molecule has 1 N–H and O–H groups in total. The van der Waals surface area contributed by atoms with Crippen molar-refractivity contribution in [1.29, 1.82) is 0 Å². The van der Waals surface area contributed by atoms with E-state index in [4.69, 9.17) is 13.9 Å². The van der Waals surface area contributed by atoms with E-state index in [0.29, 0.717) is 11.3 Å². The number of rotatable bonds is 8. The topological polar surface area (TPSA) is 134 Å². The summed E-state index contributed by atoms with van der Waals surface area (Å²) < 4.78 is 25.6. The Morgan fingerprint density at radius 2 is 1.88 bits per heavy atom. The van der Waals surface area contributed by atoms with Crippen molar-refractivity contribution in [2.75, 3.05) is 21.3 Å². The molecule has 1 aliphatic heterocycles. The van der Waals surface area contributed by atoms with E-state index in [-0.39, 0.29) is 29.5 Å². The molecule has 0 aliphatic carbocycles. The number of ether oxygens (including phenoxy) is 4. The first kappa shape index (κ1) is 23.4. The summed E-state index contributed by atoms with van der Waals surface area (Å²) in [4.78, 5) is 49.5. The highest BCUT2D eigenvalue weighted by molar-refractivity contribution is 6.14. The van der Waals surface area contributed by atoms with Crippen LogP contribution in [0.4, 0.5) is 4.79 Å². The summed E-state index contributed by atoms with van der Waals surface area (Å²) in [7, 11) is 3.88. The lowest BCUT2D eigenvalue weighted by atomic mass is 10.1. The molecule has 1 saturated heterocycles. The molecule has 2 heterocycles. The minimum absolute atomic E-state index is 0.0245. The van der Waals surface area contributed by atoms with E-state index < -0.39 is 30.0 Å². The average molecular weight is 458 g/mol. The molecule has 1 aromatic heterocycles. The molecule has 0 spiro atoms. The third-order valence-corrected chi connectivity index (χ3v) is 4.68. The molecule has 1 aromatic carbocycles. The average Bonchev–Trinajstić information content (AvgIpc) is 3.39. The van der Waals surface area contributed by atoms with E-state index in [2.05, 4.69) is 14.8 Å². The van der Waals surface area contributed by atoms with E-state index in [1.165, 1.54) is 46.5 Å². The second kappa shape index (κ2) is 9.90. The summed E-state index contributed by atoms with van der Waals surface area (Å²) in [5.74, 6) is -1.21. The molecule has 0 bridgehead atoms. The van der Waals surface area contributed by atoms with Crippen molar-refractivity contribution in [1.82, 2.24) is 10.2 Å². The van der Waals surface area contributed by atoms with Gasteiger partial charge < -0.3 is 28.7 Å². The van der Waals surface area contributed by atoms with Crippen LogP contribution in [-0.2, 0) is 25.6 Å². The standard InChI is InChI=1S/C22H22N2O9/c1-12(20(26)30-3)32-18-13(6-5-7-16(18)29-2)10-15-19(25)24(22(28)23-15)11-14-8-9-17(33-14)21(27)31-4/h5-10,12H,11H2,1-4H3,(H,23,28). The first-order chi connectivity index (χ1) is 15.8. The molecule has 1 aliphatic rings. The number of hydrogen-bond donors (Lipinski definition) is 1. The number of hydrogen-bond acceptors (Lipinski definition) is 9. The van der Waals surface area contributed by atoms with Crippen molar-refractivity contribution < 1.29 is 42.5 Å². The van der Waals surface area contributed by atoms with Crippen molar-refractivity contribution in [3.63, 3.8) is 0 Å². The van der Waals surface area contributed by atoms with Crippen molar-refractivity contribution in [3.8, 4) is 11.5 Å². The third-order valence-electron chi connectivity index (χ3n) is 4.68. The Hall–Kier alpha value is -4.28. The Morgan fingerprint density at radius 3 is 2.55 bits per heavy atom. The lowest BCUT2D eigenvalue weighted by molar-refractivity contribution is -0.148. The zero-order chi connectivity index (χ0) is 24.1. The molecule has 0 saturated carbocycles. The Kier molecular flexibility index (Phi) is 7.01. The Morgan fingerprint density at radius 1 is 1.12 bits per heavy atom. The molecule has 11 nitrogen and oxygen atoms in total. The maximum Gasteiger partial charge on any atom is 0.373 e. The number of para-hydroxylation sites is 1. The van der Waals surface area contributed by atoms with Gasteiger partial charge >= 0.3 is 18.0 Å². The number of amides is 3. The molecule has 3 amide bonds. The molecule has 11 heteroatoms. The quantitative estimate of drug-likeness (QED) is 0.359. The maximum atomic E-state index is 12.9. The molecule has 1 unspecified atom stereocenters. The van der Waals surface area contributed by atoms with Crippen molar-refractivity contribution >= 4 is 30.0 Å². The van der Waals surface area contributed by atoms with Crippen molar-refractivity contribution in [2.45, 2.75) is 19.6 Å². The van der Waals surface area contributed by atoms with Gasteiger partial charge in [0.15, 0.2) is 17.6 Å². The number of carbonyl (C=O) groups excluding carboxylic acids is 4. The molecule has 33 heavy (non-hydrogen) atoms. The first-order valence-corrected chi connectivity index (χ1v) is 9.72. The predicted molar refractivity (Wildman–Crippen MR) is 112 cm³/mol. The Balaban J connectivity index is 1.86. The van der Waals surface area contributed by atoms with Crippen LogP contribution in [0.3, 0.4) is 0 Å².